The number of nitrogens with zero attached hydrogens (tertiary/aromatic N) is 2. The Balaban J connectivity index is 1.48. The third-order valence-corrected chi connectivity index (χ3v) is 7.01. The van der Waals surface area contributed by atoms with Crippen LogP contribution in [0.5, 0.6) is 0 Å². The molecule has 0 N–H and O–H groups in total. The van der Waals surface area contributed by atoms with Gasteiger partial charge in [-0.1, -0.05) is 29.0 Å². The van der Waals surface area contributed by atoms with Gasteiger partial charge in [-0.25, -0.2) is 9.37 Å². The van der Waals surface area contributed by atoms with Crippen LogP contribution in [-0.4, -0.2) is 35.9 Å². The average molecular weight is 451 g/mol. The van der Waals surface area contributed by atoms with Crippen LogP contribution in [0.1, 0.15) is 19.3 Å². The van der Waals surface area contributed by atoms with Crippen molar-refractivity contribution in [3.63, 3.8) is 0 Å². The molecule has 1 saturated heterocycles. The molecule has 1 amide bonds. The van der Waals surface area contributed by atoms with Crippen LogP contribution >= 0.6 is 34.7 Å². The van der Waals surface area contributed by atoms with Crippen LogP contribution < -0.4 is 4.90 Å². The van der Waals surface area contributed by atoms with Gasteiger partial charge in [0.05, 0.1) is 17.3 Å². The quantitative estimate of drug-likeness (QED) is 0.428. The molecule has 1 aliphatic heterocycles. The summed E-state index contributed by atoms with van der Waals surface area (Å²) >= 11 is 8.86. The summed E-state index contributed by atoms with van der Waals surface area (Å²) in [7, 11) is 0. The standard InChI is InChI=1S/C21H20ClFN2O2S2/c22-14-6-8-16(9-7-14)28-12-10-19(26)25(13-15-3-2-11-27-15)21-24-20-17(23)4-1-5-18(20)29-21/h1,4-9,15H,2-3,10-13H2. The molecule has 8 heteroatoms. The van der Waals surface area contributed by atoms with Crippen molar-refractivity contribution in [2.24, 2.45) is 0 Å². The normalized spacial score (nSPS) is 16.4. The largest absolute Gasteiger partial charge is 0.376 e. The number of para-hydroxylation sites is 1. The van der Waals surface area contributed by atoms with Crippen LogP contribution in [0.3, 0.4) is 0 Å². The first-order valence-corrected chi connectivity index (χ1v) is 11.6. The number of halogens is 2. The van der Waals surface area contributed by atoms with Crippen LogP contribution in [0, 0.1) is 5.82 Å². The van der Waals surface area contributed by atoms with Crippen LogP contribution in [0.25, 0.3) is 10.2 Å². The van der Waals surface area contributed by atoms with Crippen molar-refractivity contribution >= 4 is 56.0 Å². The number of thioether (sulfide) groups is 1. The third kappa shape index (κ3) is 5.09. The van der Waals surface area contributed by atoms with E-state index in [0.29, 0.717) is 41.0 Å². The minimum atomic E-state index is -0.368. The highest BCUT2D eigenvalue weighted by Gasteiger charge is 2.26. The zero-order chi connectivity index (χ0) is 20.2. The van der Waals surface area contributed by atoms with E-state index >= 15 is 0 Å². The maximum atomic E-state index is 14.1. The summed E-state index contributed by atoms with van der Waals surface area (Å²) in [6, 6.07) is 12.4. The number of benzene rings is 2. The SMILES string of the molecule is O=C(CCSc1ccc(Cl)cc1)N(CC1CCCO1)c1nc2c(F)cccc2s1. The van der Waals surface area contributed by atoms with E-state index in [1.807, 2.05) is 30.3 Å². The Morgan fingerprint density at radius 3 is 2.86 bits per heavy atom. The van der Waals surface area contributed by atoms with Gasteiger partial charge in [-0.05, 0) is 49.2 Å². The van der Waals surface area contributed by atoms with Crippen LogP contribution in [0.15, 0.2) is 47.4 Å². The summed E-state index contributed by atoms with van der Waals surface area (Å²) < 4.78 is 20.6. The molecular weight excluding hydrogens is 431 g/mol. The summed E-state index contributed by atoms with van der Waals surface area (Å²) in [6.07, 6.45) is 2.27. The van der Waals surface area contributed by atoms with E-state index in [1.165, 1.54) is 17.4 Å². The van der Waals surface area contributed by atoms with E-state index in [2.05, 4.69) is 4.98 Å². The number of ether oxygens (including phenoxy) is 1. The van der Waals surface area contributed by atoms with Crippen molar-refractivity contribution < 1.29 is 13.9 Å². The predicted octanol–water partition coefficient (Wildman–Crippen LogP) is 5.78. The van der Waals surface area contributed by atoms with Crippen LogP contribution in [0.2, 0.25) is 5.02 Å². The zero-order valence-electron chi connectivity index (χ0n) is 15.6. The lowest BCUT2D eigenvalue weighted by molar-refractivity contribution is -0.118. The van der Waals surface area contributed by atoms with Gasteiger partial charge < -0.3 is 4.74 Å². The molecule has 0 aliphatic carbocycles. The Kier molecular flexibility index (Phi) is 6.70. The second-order valence-corrected chi connectivity index (χ2v) is 9.39. The molecule has 4 nitrogen and oxygen atoms in total. The number of rotatable bonds is 7. The minimum Gasteiger partial charge on any atom is -0.376 e. The molecule has 1 aliphatic rings. The summed E-state index contributed by atoms with van der Waals surface area (Å²) in [5.74, 6) is 0.246. The smallest absolute Gasteiger partial charge is 0.229 e. The van der Waals surface area contributed by atoms with E-state index in [4.69, 9.17) is 16.3 Å². The molecule has 0 radical (unpaired) electrons. The molecule has 0 bridgehead atoms. The summed E-state index contributed by atoms with van der Waals surface area (Å²) in [6.45, 7) is 1.17. The molecule has 3 aromatic rings. The van der Waals surface area contributed by atoms with Gasteiger partial charge >= 0.3 is 0 Å². The summed E-state index contributed by atoms with van der Waals surface area (Å²) in [5, 5.41) is 1.22. The van der Waals surface area contributed by atoms with Crippen LogP contribution in [-0.2, 0) is 9.53 Å². The topological polar surface area (TPSA) is 42.4 Å². The number of anilines is 1. The lowest BCUT2D eigenvalue weighted by atomic mass is 10.2. The fourth-order valence-corrected chi connectivity index (χ4v) is 5.19. The molecule has 4 rings (SSSR count). The number of aromatic nitrogens is 1. The fourth-order valence-electron chi connectivity index (χ4n) is 3.22. The first-order chi connectivity index (χ1) is 14.1. The zero-order valence-corrected chi connectivity index (χ0v) is 18.0. The van der Waals surface area contributed by atoms with Gasteiger partial charge in [0.2, 0.25) is 5.91 Å². The van der Waals surface area contributed by atoms with E-state index in [1.54, 1.807) is 22.7 Å². The maximum Gasteiger partial charge on any atom is 0.229 e. The van der Waals surface area contributed by atoms with Gasteiger partial charge in [0.15, 0.2) is 5.13 Å². The highest BCUT2D eigenvalue weighted by Crippen LogP contribution is 2.32. The number of carbonyl (C=O) groups excluding carboxylic acids is 1. The number of hydrogen-bond acceptors (Lipinski definition) is 5. The summed E-state index contributed by atoms with van der Waals surface area (Å²) in [5.41, 5.74) is 0.313. The van der Waals surface area contributed by atoms with Crippen molar-refractivity contribution in [2.45, 2.75) is 30.3 Å². The Morgan fingerprint density at radius 1 is 1.31 bits per heavy atom. The Morgan fingerprint density at radius 2 is 2.14 bits per heavy atom. The molecule has 152 valence electrons. The molecule has 1 aromatic heterocycles. The van der Waals surface area contributed by atoms with Crippen LogP contribution in [0.4, 0.5) is 9.52 Å². The molecule has 2 heterocycles. The van der Waals surface area contributed by atoms with Gasteiger partial charge in [0.1, 0.15) is 11.3 Å². The Hall–Kier alpha value is -1.67. The number of thiazole rings is 1. The lowest BCUT2D eigenvalue weighted by Crippen LogP contribution is -2.37. The molecule has 2 aromatic carbocycles. The molecule has 1 unspecified atom stereocenters. The van der Waals surface area contributed by atoms with Gasteiger partial charge in [0, 0.05) is 28.7 Å². The van der Waals surface area contributed by atoms with E-state index in [-0.39, 0.29) is 17.8 Å². The first-order valence-electron chi connectivity index (χ1n) is 9.45. The number of fused-ring (bicyclic) bond motifs is 1. The highest BCUT2D eigenvalue weighted by atomic mass is 35.5. The minimum absolute atomic E-state index is 0.000252. The van der Waals surface area contributed by atoms with E-state index in [9.17, 15) is 9.18 Å². The first kappa shape index (κ1) is 20.6. The Bertz CT molecular complexity index is 990. The Labute approximate surface area is 182 Å². The summed E-state index contributed by atoms with van der Waals surface area (Å²) in [4.78, 5) is 20.2. The molecular formula is C21H20ClFN2O2S2. The molecule has 0 saturated carbocycles. The fraction of sp³-hybridized carbons (Fsp3) is 0.333. The van der Waals surface area contributed by atoms with Gasteiger partial charge in [0.25, 0.3) is 0 Å². The predicted molar refractivity (Wildman–Crippen MR) is 118 cm³/mol. The highest BCUT2D eigenvalue weighted by molar-refractivity contribution is 7.99. The molecule has 0 spiro atoms. The van der Waals surface area contributed by atoms with Crippen molar-refractivity contribution in [1.29, 1.82) is 0 Å². The van der Waals surface area contributed by atoms with Crippen molar-refractivity contribution in [1.82, 2.24) is 4.98 Å². The number of amides is 1. The van der Waals surface area contributed by atoms with Crippen molar-refractivity contribution in [3.8, 4) is 0 Å². The van der Waals surface area contributed by atoms with Gasteiger partial charge in [-0.2, -0.15) is 0 Å². The molecule has 1 fully saturated rings. The van der Waals surface area contributed by atoms with Crippen molar-refractivity contribution in [2.75, 3.05) is 23.8 Å². The monoisotopic (exact) mass is 450 g/mol. The van der Waals surface area contributed by atoms with Crippen molar-refractivity contribution in [3.05, 3.63) is 53.3 Å². The van der Waals surface area contributed by atoms with Gasteiger partial charge in [-0.15, -0.1) is 11.8 Å². The maximum absolute atomic E-state index is 14.1. The lowest BCUT2D eigenvalue weighted by Gasteiger charge is -2.23. The number of carbonyl (C=O) groups is 1. The second-order valence-electron chi connectivity index (χ2n) is 6.77. The second kappa shape index (κ2) is 9.43. The van der Waals surface area contributed by atoms with Gasteiger partial charge in [-0.3, -0.25) is 9.69 Å². The number of hydrogen-bond donors (Lipinski definition) is 0. The molecule has 1 atom stereocenters. The average Bonchev–Trinajstić information content (AvgIpc) is 3.37. The van der Waals surface area contributed by atoms with E-state index < -0.39 is 0 Å². The molecule has 29 heavy (non-hydrogen) atoms. The van der Waals surface area contributed by atoms with E-state index in [0.717, 1.165) is 22.4 Å². The third-order valence-electron chi connectivity index (χ3n) is 4.70.